The minimum Gasteiger partial charge on any atom is -0.392 e. The lowest BCUT2D eigenvalue weighted by molar-refractivity contribution is 0.282. The van der Waals surface area contributed by atoms with Crippen LogP contribution in [0.25, 0.3) is 0 Å². The number of hydrogen-bond acceptors (Lipinski definition) is 4. The predicted octanol–water partition coefficient (Wildman–Crippen LogP) is 1.05. The quantitative estimate of drug-likeness (QED) is 0.745. The van der Waals surface area contributed by atoms with Crippen molar-refractivity contribution in [1.29, 1.82) is 0 Å². The maximum absolute atomic E-state index is 8.97. The Balaban J connectivity index is 1.75. The number of nitrogens with zero attached hydrogens (tertiary/aromatic N) is 1. The van der Waals surface area contributed by atoms with Gasteiger partial charge >= 0.3 is 0 Å². The zero-order valence-corrected chi connectivity index (χ0v) is 10.7. The van der Waals surface area contributed by atoms with Crippen LogP contribution in [0.15, 0.2) is 29.3 Å². The molecule has 0 aromatic heterocycles. The van der Waals surface area contributed by atoms with Gasteiger partial charge in [0.2, 0.25) is 0 Å². The van der Waals surface area contributed by atoms with E-state index in [9.17, 15) is 0 Å². The molecule has 0 amide bonds. The molecule has 1 heterocycles. The molecule has 0 fully saturated rings. The minimum atomic E-state index is 0.110. The maximum atomic E-state index is 8.97. The summed E-state index contributed by atoms with van der Waals surface area (Å²) < 4.78 is 0. The topological polar surface area (TPSA) is 56.6 Å². The summed E-state index contributed by atoms with van der Waals surface area (Å²) in [5.41, 5.74) is 2.23. The molecule has 1 aliphatic heterocycles. The summed E-state index contributed by atoms with van der Waals surface area (Å²) in [4.78, 5) is 4.44. The van der Waals surface area contributed by atoms with E-state index in [4.69, 9.17) is 5.11 Å². The summed E-state index contributed by atoms with van der Waals surface area (Å²) in [5, 5.41) is 15.6. The molecular formula is C14H21N3O. The first-order chi connectivity index (χ1) is 8.88. The van der Waals surface area contributed by atoms with Gasteiger partial charge < -0.3 is 15.7 Å². The Labute approximate surface area is 108 Å². The molecule has 2 rings (SSSR count). The Bertz CT molecular complexity index is 387. The Morgan fingerprint density at radius 1 is 1.17 bits per heavy atom. The summed E-state index contributed by atoms with van der Waals surface area (Å²) in [6.45, 7) is 2.92. The number of aliphatic hydroxyl groups excluding tert-OH is 1. The van der Waals surface area contributed by atoms with Crippen molar-refractivity contribution in [2.24, 2.45) is 4.99 Å². The van der Waals surface area contributed by atoms with Gasteiger partial charge in [-0.1, -0.05) is 24.3 Å². The molecular weight excluding hydrogens is 226 g/mol. The Morgan fingerprint density at radius 3 is 2.72 bits per heavy atom. The van der Waals surface area contributed by atoms with Crippen LogP contribution >= 0.6 is 0 Å². The summed E-state index contributed by atoms with van der Waals surface area (Å²) in [6, 6.07) is 8.07. The van der Waals surface area contributed by atoms with Gasteiger partial charge in [-0.2, -0.15) is 0 Å². The van der Waals surface area contributed by atoms with Crippen LogP contribution in [0.5, 0.6) is 0 Å². The molecule has 4 heteroatoms. The van der Waals surface area contributed by atoms with E-state index in [2.05, 4.69) is 27.8 Å². The first kappa shape index (κ1) is 12.9. The summed E-state index contributed by atoms with van der Waals surface area (Å²) in [5.74, 6) is 0.930. The Kier molecular flexibility index (Phi) is 5.02. The van der Waals surface area contributed by atoms with Crippen LogP contribution in [0.3, 0.4) is 0 Å². The molecule has 98 valence electrons. The average Bonchev–Trinajstić information content (AvgIpc) is 2.68. The van der Waals surface area contributed by atoms with E-state index in [0.29, 0.717) is 0 Å². The normalized spacial score (nSPS) is 15.5. The molecule has 0 bridgehead atoms. The Hall–Kier alpha value is -1.55. The number of guanidine groups is 1. The van der Waals surface area contributed by atoms with Gasteiger partial charge in [0.25, 0.3) is 0 Å². The lowest BCUT2D eigenvalue weighted by Crippen LogP contribution is -2.38. The first-order valence-electron chi connectivity index (χ1n) is 6.59. The van der Waals surface area contributed by atoms with Crippen molar-refractivity contribution in [3.8, 4) is 0 Å². The zero-order chi connectivity index (χ0) is 12.6. The van der Waals surface area contributed by atoms with Gasteiger partial charge in [-0.25, -0.2) is 0 Å². The van der Waals surface area contributed by atoms with E-state index >= 15 is 0 Å². The van der Waals surface area contributed by atoms with E-state index in [1.54, 1.807) is 0 Å². The third-order valence-corrected chi connectivity index (χ3v) is 3.06. The van der Waals surface area contributed by atoms with Crippen molar-refractivity contribution in [2.75, 3.05) is 19.6 Å². The molecule has 0 radical (unpaired) electrons. The number of aliphatic imine (C=N–C) groups is 1. The van der Waals surface area contributed by atoms with Crippen LogP contribution < -0.4 is 10.6 Å². The third kappa shape index (κ3) is 4.04. The van der Waals surface area contributed by atoms with E-state index in [-0.39, 0.29) is 6.61 Å². The number of aliphatic hydroxyl groups is 1. The highest BCUT2D eigenvalue weighted by Crippen LogP contribution is 2.04. The van der Waals surface area contributed by atoms with Gasteiger partial charge in [-0.15, -0.1) is 0 Å². The van der Waals surface area contributed by atoms with Crippen molar-refractivity contribution in [1.82, 2.24) is 10.6 Å². The zero-order valence-electron chi connectivity index (χ0n) is 10.7. The van der Waals surface area contributed by atoms with Crippen LogP contribution in [0.1, 0.15) is 24.0 Å². The average molecular weight is 247 g/mol. The van der Waals surface area contributed by atoms with Gasteiger partial charge in [0, 0.05) is 19.6 Å². The fourth-order valence-corrected chi connectivity index (χ4v) is 1.95. The molecule has 3 N–H and O–H groups in total. The van der Waals surface area contributed by atoms with Gasteiger partial charge in [0.15, 0.2) is 5.96 Å². The molecule has 0 saturated carbocycles. The second-order valence-electron chi connectivity index (χ2n) is 4.52. The highest BCUT2D eigenvalue weighted by molar-refractivity contribution is 5.79. The summed E-state index contributed by atoms with van der Waals surface area (Å²) in [6.07, 6.45) is 3.32. The van der Waals surface area contributed by atoms with Crippen molar-refractivity contribution >= 4 is 5.96 Å². The van der Waals surface area contributed by atoms with Crippen molar-refractivity contribution in [3.63, 3.8) is 0 Å². The van der Waals surface area contributed by atoms with E-state index in [1.165, 1.54) is 18.4 Å². The van der Waals surface area contributed by atoms with Crippen LogP contribution in [0, 0.1) is 0 Å². The first-order valence-corrected chi connectivity index (χ1v) is 6.59. The monoisotopic (exact) mass is 247 g/mol. The molecule has 0 saturated heterocycles. The lowest BCUT2D eigenvalue weighted by Gasteiger charge is -2.10. The van der Waals surface area contributed by atoms with E-state index < -0.39 is 0 Å². The van der Waals surface area contributed by atoms with Gasteiger partial charge in [0.05, 0.1) is 6.61 Å². The van der Waals surface area contributed by atoms with Crippen molar-refractivity contribution in [2.45, 2.75) is 25.9 Å². The van der Waals surface area contributed by atoms with Gasteiger partial charge in [-0.3, -0.25) is 4.99 Å². The molecule has 4 nitrogen and oxygen atoms in total. The standard InChI is InChI=1S/C14H21N3O/c18-11-13-5-3-12(4-6-13)7-10-17-14-15-8-1-2-9-16-14/h3-6,18H,1-2,7-11H2,(H2,15,16,17). The van der Waals surface area contributed by atoms with Crippen LogP contribution in [-0.4, -0.2) is 30.7 Å². The van der Waals surface area contributed by atoms with Crippen molar-refractivity contribution in [3.05, 3.63) is 35.4 Å². The number of hydrogen-bond donors (Lipinski definition) is 3. The molecule has 0 unspecified atom stereocenters. The van der Waals surface area contributed by atoms with Gasteiger partial charge in [0.1, 0.15) is 0 Å². The number of benzene rings is 1. The molecule has 0 aliphatic carbocycles. The van der Waals surface area contributed by atoms with Crippen LogP contribution in [-0.2, 0) is 13.0 Å². The SMILES string of the molecule is OCc1ccc(CCNC2=NCCCCN2)cc1. The summed E-state index contributed by atoms with van der Waals surface area (Å²) in [7, 11) is 0. The number of rotatable bonds is 4. The second kappa shape index (κ2) is 7.01. The fraction of sp³-hybridized carbons (Fsp3) is 0.500. The minimum absolute atomic E-state index is 0.110. The molecule has 18 heavy (non-hydrogen) atoms. The van der Waals surface area contributed by atoms with Crippen molar-refractivity contribution < 1.29 is 5.11 Å². The van der Waals surface area contributed by atoms with E-state index in [1.807, 2.05) is 12.1 Å². The molecule has 0 atom stereocenters. The molecule has 1 aromatic carbocycles. The Morgan fingerprint density at radius 2 is 1.94 bits per heavy atom. The second-order valence-corrected chi connectivity index (χ2v) is 4.52. The fourth-order valence-electron chi connectivity index (χ4n) is 1.95. The lowest BCUT2D eigenvalue weighted by atomic mass is 10.1. The number of nitrogens with one attached hydrogen (secondary N) is 2. The van der Waals surface area contributed by atoms with E-state index in [0.717, 1.165) is 37.6 Å². The highest BCUT2D eigenvalue weighted by atomic mass is 16.3. The van der Waals surface area contributed by atoms with Gasteiger partial charge in [-0.05, 0) is 30.4 Å². The molecule has 1 aliphatic rings. The summed E-state index contributed by atoms with van der Waals surface area (Å²) >= 11 is 0. The molecule has 1 aromatic rings. The van der Waals surface area contributed by atoms with Crippen LogP contribution in [0.4, 0.5) is 0 Å². The molecule has 0 spiro atoms. The highest BCUT2D eigenvalue weighted by Gasteiger charge is 2.01. The third-order valence-electron chi connectivity index (χ3n) is 3.06. The predicted molar refractivity (Wildman–Crippen MR) is 73.6 cm³/mol. The smallest absolute Gasteiger partial charge is 0.191 e. The largest absolute Gasteiger partial charge is 0.392 e. The maximum Gasteiger partial charge on any atom is 0.191 e. The van der Waals surface area contributed by atoms with Crippen LogP contribution in [0.2, 0.25) is 0 Å².